The van der Waals surface area contributed by atoms with Crippen LogP contribution >= 0.6 is 0 Å². The molecule has 24 heavy (non-hydrogen) atoms. The molecule has 0 aromatic carbocycles. The van der Waals surface area contributed by atoms with Crippen molar-refractivity contribution in [3.8, 4) is 0 Å². The smallest absolute Gasteiger partial charge is 0.0326 e. The summed E-state index contributed by atoms with van der Waals surface area (Å²) < 4.78 is 0. The lowest BCUT2D eigenvalue weighted by Crippen LogP contribution is -1.81. The van der Waals surface area contributed by atoms with Crippen LogP contribution in [0.2, 0.25) is 0 Å². The van der Waals surface area contributed by atoms with Crippen LogP contribution in [0.15, 0.2) is 12.2 Å². The van der Waals surface area contributed by atoms with E-state index in [2.05, 4.69) is 34.3 Å². The van der Waals surface area contributed by atoms with E-state index in [1.807, 2.05) is 0 Å². The highest BCUT2D eigenvalue weighted by atomic mass is 16.0. The first-order valence-electron chi connectivity index (χ1n) is 10.8. The average molecular weight is 343 g/mol. The van der Waals surface area contributed by atoms with Crippen LogP contribution < -0.4 is 0 Å². The van der Waals surface area contributed by atoms with Gasteiger partial charge in [0.1, 0.15) is 0 Å². The lowest BCUT2D eigenvalue weighted by atomic mass is 10.1. The zero-order chi connectivity index (χ0) is 17.6. The van der Waals surface area contributed by atoms with Crippen molar-refractivity contribution in [3.05, 3.63) is 12.2 Å². The molecule has 0 aliphatic carbocycles. The van der Waals surface area contributed by atoms with Crippen molar-refractivity contribution >= 4 is 0 Å². The third-order valence-electron chi connectivity index (χ3n) is 4.41. The fourth-order valence-electron chi connectivity index (χ4n) is 2.77. The summed E-state index contributed by atoms with van der Waals surface area (Å²) in [5.74, 6) is 0. The van der Waals surface area contributed by atoms with E-state index in [4.69, 9.17) is 0 Å². The van der Waals surface area contributed by atoms with E-state index < -0.39 is 0 Å². The minimum Gasteiger partial charge on any atom is -0.412 e. The molecule has 0 rings (SSSR count). The molecule has 0 saturated heterocycles. The molecule has 0 heterocycles. The van der Waals surface area contributed by atoms with Gasteiger partial charge in [-0.2, -0.15) is 0 Å². The Balaban J connectivity index is -0.000000385. The van der Waals surface area contributed by atoms with Crippen molar-refractivity contribution in [2.24, 2.45) is 0 Å². The van der Waals surface area contributed by atoms with Gasteiger partial charge in [-0.3, -0.25) is 0 Å². The van der Waals surface area contributed by atoms with Crippen molar-refractivity contribution in [3.63, 3.8) is 0 Å². The minimum atomic E-state index is 0. The van der Waals surface area contributed by atoms with E-state index in [0.29, 0.717) is 0 Å². The molecule has 0 aromatic heterocycles. The van der Waals surface area contributed by atoms with Crippen LogP contribution in [0.3, 0.4) is 0 Å². The predicted octanol–water partition coefficient (Wildman–Crippen LogP) is 8.42. The number of hydrogen-bond donors (Lipinski definition) is 0. The SMILES string of the molecule is C=C(C)CCCCCC.CCCCCCCCCCCCCC.O. The van der Waals surface area contributed by atoms with E-state index in [-0.39, 0.29) is 5.48 Å². The van der Waals surface area contributed by atoms with Crippen LogP contribution in [0.25, 0.3) is 0 Å². The van der Waals surface area contributed by atoms with Crippen LogP contribution in [-0.2, 0) is 0 Å². The van der Waals surface area contributed by atoms with E-state index in [0.717, 1.165) is 0 Å². The van der Waals surface area contributed by atoms with Gasteiger partial charge in [-0.05, 0) is 19.8 Å². The molecule has 1 nitrogen and oxygen atoms in total. The Kier molecular flexibility index (Phi) is 32.7. The van der Waals surface area contributed by atoms with Gasteiger partial charge in [0.05, 0.1) is 0 Å². The number of rotatable bonds is 16. The molecule has 0 aliphatic heterocycles. The molecule has 0 atom stereocenters. The molecule has 0 aliphatic rings. The van der Waals surface area contributed by atoms with Gasteiger partial charge in [0.25, 0.3) is 0 Å². The van der Waals surface area contributed by atoms with Crippen molar-refractivity contribution in [2.75, 3.05) is 0 Å². The summed E-state index contributed by atoms with van der Waals surface area (Å²) in [5.41, 5.74) is 1.33. The fraction of sp³-hybridized carbons (Fsp3) is 0.913. The Bertz CT molecular complexity index is 198. The van der Waals surface area contributed by atoms with Gasteiger partial charge in [0.15, 0.2) is 0 Å². The summed E-state index contributed by atoms with van der Waals surface area (Å²) in [6.07, 6.45) is 24.1. The van der Waals surface area contributed by atoms with Crippen molar-refractivity contribution < 1.29 is 5.48 Å². The van der Waals surface area contributed by atoms with Gasteiger partial charge < -0.3 is 5.48 Å². The Morgan fingerprint density at radius 1 is 0.500 bits per heavy atom. The van der Waals surface area contributed by atoms with Crippen molar-refractivity contribution in [2.45, 2.75) is 137 Å². The molecule has 1 heteroatoms. The lowest BCUT2D eigenvalue weighted by molar-refractivity contribution is 0.548. The third kappa shape index (κ3) is 33.3. The molecule has 0 bridgehead atoms. The monoisotopic (exact) mass is 342 g/mol. The maximum absolute atomic E-state index is 3.85. The Morgan fingerprint density at radius 2 is 0.750 bits per heavy atom. The highest BCUT2D eigenvalue weighted by Crippen LogP contribution is 2.11. The van der Waals surface area contributed by atoms with Gasteiger partial charge in [-0.15, -0.1) is 6.58 Å². The summed E-state index contributed by atoms with van der Waals surface area (Å²) in [6, 6.07) is 0. The molecule has 0 radical (unpaired) electrons. The van der Waals surface area contributed by atoms with E-state index in [1.165, 1.54) is 115 Å². The topological polar surface area (TPSA) is 31.5 Å². The third-order valence-corrected chi connectivity index (χ3v) is 4.41. The normalized spacial score (nSPS) is 9.83. The summed E-state index contributed by atoms with van der Waals surface area (Å²) in [4.78, 5) is 0. The fourth-order valence-corrected chi connectivity index (χ4v) is 2.77. The van der Waals surface area contributed by atoms with Crippen molar-refractivity contribution in [1.29, 1.82) is 0 Å². The minimum absolute atomic E-state index is 0. The zero-order valence-electron chi connectivity index (χ0n) is 17.7. The first-order chi connectivity index (χ1) is 11.2. The molecule has 148 valence electrons. The van der Waals surface area contributed by atoms with Crippen molar-refractivity contribution in [1.82, 2.24) is 0 Å². The number of unbranched alkanes of at least 4 members (excludes halogenated alkanes) is 14. The van der Waals surface area contributed by atoms with Crippen LogP contribution in [0.4, 0.5) is 0 Å². The summed E-state index contributed by atoms with van der Waals surface area (Å²) in [6.45, 7) is 12.8. The van der Waals surface area contributed by atoms with E-state index in [9.17, 15) is 0 Å². The van der Waals surface area contributed by atoms with Gasteiger partial charge in [0, 0.05) is 0 Å². The summed E-state index contributed by atoms with van der Waals surface area (Å²) in [7, 11) is 0. The Labute approximate surface area is 155 Å². The van der Waals surface area contributed by atoms with E-state index >= 15 is 0 Å². The lowest BCUT2D eigenvalue weighted by Gasteiger charge is -2.01. The van der Waals surface area contributed by atoms with Crippen LogP contribution in [0.1, 0.15) is 137 Å². The second-order valence-corrected chi connectivity index (χ2v) is 7.30. The molecule has 0 spiro atoms. The molecule has 0 aromatic rings. The summed E-state index contributed by atoms with van der Waals surface area (Å²) >= 11 is 0. The number of allylic oxidation sites excluding steroid dienone is 1. The molecular formula is C23H50O. The Morgan fingerprint density at radius 3 is 1.00 bits per heavy atom. The Hall–Kier alpha value is -0.300. The molecule has 0 fully saturated rings. The zero-order valence-corrected chi connectivity index (χ0v) is 17.7. The highest BCUT2D eigenvalue weighted by molar-refractivity contribution is 4.86. The highest BCUT2D eigenvalue weighted by Gasteiger charge is 1.91. The quantitative estimate of drug-likeness (QED) is 0.199. The van der Waals surface area contributed by atoms with Gasteiger partial charge in [0.2, 0.25) is 0 Å². The molecule has 0 unspecified atom stereocenters. The van der Waals surface area contributed by atoms with Crippen LogP contribution in [-0.4, -0.2) is 5.48 Å². The van der Waals surface area contributed by atoms with E-state index in [1.54, 1.807) is 0 Å². The first-order valence-corrected chi connectivity index (χ1v) is 10.8. The summed E-state index contributed by atoms with van der Waals surface area (Å²) in [5, 5.41) is 0. The van der Waals surface area contributed by atoms with Crippen LogP contribution in [0, 0.1) is 0 Å². The average Bonchev–Trinajstić information content (AvgIpc) is 2.54. The number of hydrogen-bond acceptors (Lipinski definition) is 0. The molecule has 0 amide bonds. The maximum Gasteiger partial charge on any atom is -0.0326 e. The maximum atomic E-state index is 3.85. The molecule has 0 saturated carbocycles. The standard InChI is InChI=1S/C14H30.C9H18.H2O/c1-3-5-7-9-11-13-14-12-10-8-6-4-2;1-4-5-6-7-8-9(2)3;/h3-14H2,1-2H3;2,4-8H2,1,3H3;1H2. The van der Waals surface area contributed by atoms with Gasteiger partial charge in [-0.1, -0.05) is 123 Å². The molecular weight excluding hydrogens is 292 g/mol. The van der Waals surface area contributed by atoms with Gasteiger partial charge in [-0.25, -0.2) is 0 Å². The second kappa shape index (κ2) is 27.5. The largest absolute Gasteiger partial charge is 0.412 e. The van der Waals surface area contributed by atoms with Gasteiger partial charge >= 0.3 is 0 Å². The predicted molar refractivity (Wildman–Crippen MR) is 114 cm³/mol. The van der Waals surface area contributed by atoms with Crippen LogP contribution in [0.5, 0.6) is 0 Å². The first kappa shape index (κ1) is 28.5. The molecule has 2 N–H and O–H groups in total. The second-order valence-electron chi connectivity index (χ2n) is 7.30.